The third kappa shape index (κ3) is 7.59. The van der Waals surface area contributed by atoms with E-state index in [1.807, 2.05) is 13.8 Å². The molecule has 142 valence electrons. The Bertz CT molecular complexity index is 376. The molecule has 0 aromatic heterocycles. The number of aliphatic hydroxyl groups excluding tert-OH is 2. The summed E-state index contributed by atoms with van der Waals surface area (Å²) >= 11 is 0. The van der Waals surface area contributed by atoms with Gasteiger partial charge >= 0.3 is 5.97 Å². The van der Waals surface area contributed by atoms with E-state index in [0.717, 1.165) is 25.7 Å². The second kappa shape index (κ2) is 12.2. The number of carboxylic acid groups (broad SMARTS) is 1. The molecule has 0 aliphatic carbocycles. The summed E-state index contributed by atoms with van der Waals surface area (Å²) in [6.45, 7) is 3.60. The lowest BCUT2D eigenvalue weighted by Crippen LogP contribution is -2.58. The van der Waals surface area contributed by atoms with Gasteiger partial charge in [0.05, 0.1) is 6.10 Å². The van der Waals surface area contributed by atoms with Crippen molar-refractivity contribution in [2.45, 2.75) is 89.4 Å². The van der Waals surface area contributed by atoms with Gasteiger partial charge in [-0.15, -0.1) is 0 Å². The second-order valence-electron chi connectivity index (χ2n) is 6.27. The number of carboxylic acids is 1. The van der Waals surface area contributed by atoms with Crippen LogP contribution in [0.5, 0.6) is 0 Å². The number of hydrogen-bond acceptors (Lipinski definition) is 5. The molecule has 0 aliphatic heterocycles. The van der Waals surface area contributed by atoms with E-state index in [1.54, 1.807) is 0 Å². The molecule has 1 amide bonds. The number of amides is 1. The lowest BCUT2D eigenvalue weighted by atomic mass is 9.86. The average molecular weight is 347 g/mol. The number of nitrogens with one attached hydrogen (secondary N) is 1. The third-order valence-corrected chi connectivity index (χ3v) is 4.21. The van der Waals surface area contributed by atoms with Crippen LogP contribution >= 0.6 is 0 Å². The van der Waals surface area contributed by atoms with E-state index >= 15 is 0 Å². The van der Waals surface area contributed by atoms with Crippen LogP contribution in [0.4, 0.5) is 0 Å². The second-order valence-corrected chi connectivity index (χ2v) is 6.27. The van der Waals surface area contributed by atoms with Gasteiger partial charge in [-0.2, -0.15) is 0 Å². The van der Waals surface area contributed by atoms with Crippen molar-refractivity contribution in [3.63, 3.8) is 0 Å². The first-order chi connectivity index (χ1) is 11.3. The summed E-state index contributed by atoms with van der Waals surface area (Å²) in [5.74, 6) is -2.17. The molecule has 7 nitrogen and oxygen atoms in total. The number of carbonyl (C=O) groups is 2. The molecule has 7 heteroatoms. The maximum Gasteiger partial charge on any atom is 0.326 e. The van der Waals surface area contributed by atoms with Crippen molar-refractivity contribution in [1.82, 2.24) is 5.32 Å². The van der Waals surface area contributed by atoms with Gasteiger partial charge in [-0.3, -0.25) is 4.79 Å². The molecule has 24 heavy (non-hydrogen) atoms. The fraction of sp³-hybridized carbons (Fsp3) is 0.882. The van der Waals surface area contributed by atoms with Crippen LogP contribution in [0.15, 0.2) is 0 Å². The molecular formula is C17H33NO6. The van der Waals surface area contributed by atoms with E-state index in [9.17, 15) is 19.8 Å². The Kier molecular flexibility index (Phi) is 11.6. The van der Waals surface area contributed by atoms with Crippen molar-refractivity contribution in [2.24, 2.45) is 0 Å². The first-order valence-corrected chi connectivity index (χ1v) is 8.88. The minimum atomic E-state index is -2.01. The highest BCUT2D eigenvalue weighted by atomic mass is 16.4. The Morgan fingerprint density at radius 3 is 2.12 bits per heavy atom. The molecule has 0 bridgehead atoms. The van der Waals surface area contributed by atoms with Crippen molar-refractivity contribution in [2.75, 3.05) is 6.61 Å². The Morgan fingerprint density at radius 1 is 1.04 bits per heavy atom. The Morgan fingerprint density at radius 2 is 1.62 bits per heavy atom. The van der Waals surface area contributed by atoms with Crippen LogP contribution in [0.2, 0.25) is 0 Å². The fourth-order valence-corrected chi connectivity index (χ4v) is 2.57. The highest BCUT2D eigenvalue weighted by Gasteiger charge is 2.43. The van der Waals surface area contributed by atoms with Gasteiger partial charge in [0.2, 0.25) is 0 Å². The van der Waals surface area contributed by atoms with Crippen LogP contribution in [0.1, 0.15) is 71.6 Å². The normalized spacial score (nSPS) is 16.2. The van der Waals surface area contributed by atoms with Gasteiger partial charge in [0, 0.05) is 13.0 Å². The fourth-order valence-electron chi connectivity index (χ4n) is 2.57. The SMILES string of the molecule is CCCCCC(O)C(O)(CCCCC)C(=O)NC(CCO)C(=O)O. The van der Waals surface area contributed by atoms with Crippen LogP contribution in [-0.2, 0) is 9.59 Å². The van der Waals surface area contributed by atoms with Crippen LogP contribution in [0, 0.1) is 0 Å². The lowest BCUT2D eigenvalue weighted by Gasteiger charge is -2.33. The Hall–Kier alpha value is -1.18. The Labute approximate surface area is 144 Å². The van der Waals surface area contributed by atoms with Crippen molar-refractivity contribution in [1.29, 1.82) is 0 Å². The summed E-state index contributed by atoms with van der Waals surface area (Å²) in [5.41, 5.74) is -2.01. The van der Waals surface area contributed by atoms with Gasteiger partial charge in [-0.05, 0) is 19.3 Å². The van der Waals surface area contributed by atoms with Gasteiger partial charge in [0.25, 0.3) is 5.91 Å². The first kappa shape index (κ1) is 22.8. The van der Waals surface area contributed by atoms with E-state index in [4.69, 9.17) is 10.2 Å². The average Bonchev–Trinajstić information content (AvgIpc) is 2.54. The van der Waals surface area contributed by atoms with E-state index in [0.29, 0.717) is 12.8 Å². The number of unbranched alkanes of at least 4 members (excludes halogenated alkanes) is 4. The van der Waals surface area contributed by atoms with E-state index in [-0.39, 0.29) is 19.3 Å². The third-order valence-electron chi connectivity index (χ3n) is 4.21. The first-order valence-electron chi connectivity index (χ1n) is 8.88. The topological polar surface area (TPSA) is 127 Å². The number of carbonyl (C=O) groups excluding carboxylic acids is 1. The maximum absolute atomic E-state index is 12.5. The summed E-state index contributed by atoms with van der Waals surface area (Å²) in [5, 5.41) is 41.3. The molecule has 0 aromatic carbocycles. The molecule has 0 saturated heterocycles. The van der Waals surface area contributed by atoms with Crippen LogP contribution in [0.3, 0.4) is 0 Å². The summed E-state index contributed by atoms with van der Waals surface area (Å²) in [7, 11) is 0. The monoisotopic (exact) mass is 347 g/mol. The largest absolute Gasteiger partial charge is 0.480 e. The highest BCUT2D eigenvalue weighted by Crippen LogP contribution is 2.24. The molecule has 3 unspecified atom stereocenters. The molecule has 0 aliphatic rings. The standard InChI is InChI=1S/C17H33NO6/c1-3-5-7-9-14(20)17(24,11-8-6-4-2)16(23)18-13(10-12-19)15(21)22/h13-14,19-20,24H,3-12H2,1-2H3,(H,18,23)(H,21,22). The van der Waals surface area contributed by atoms with Gasteiger partial charge in [-0.25, -0.2) is 4.79 Å². The summed E-state index contributed by atoms with van der Waals surface area (Å²) in [6.07, 6.45) is 3.72. The van der Waals surface area contributed by atoms with E-state index < -0.39 is 36.2 Å². The quantitative estimate of drug-likeness (QED) is 0.300. The molecule has 0 saturated carbocycles. The zero-order valence-electron chi connectivity index (χ0n) is 14.8. The molecule has 5 N–H and O–H groups in total. The lowest BCUT2D eigenvalue weighted by molar-refractivity contribution is -0.159. The number of rotatable bonds is 14. The summed E-state index contributed by atoms with van der Waals surface area (Å²) in [4.78, 5) is 23.6. The van der Waals surface area contributed by atoms with Crippen molar-refractivity contribution in [3.8, 4) is 0 Å². The predicted octanol–water partition coefficient (Wildman–Crippen LogP) is 1.19. The summed E-state index contributed by atoms with van der Waals surface area (Å²) < 4.78 is 0. The van der Waals surface area contributed by atoms with Crippen molar-refractivity contribution >= 4 is 11.9 Å². The summed E-state index contributed by atoms with van der Waals surface area (Å²) in [6, 6.07) is -1.29. The zero-order chi connectivity index (χ0) is 18.6. The molecule has 0 radical (unpaired) electrons. The van der Waals surface area contributed by atoms with Crippen LogP contribution in [0.25, 0.3) is 0 Å². The molecule has 0 rings (SSSR count). The maximum atomic E-state index is 12.5. The Balaban J connectivity index is 5.05. The number of aliphatic carboxylic acids is 1. The smallest absolute Gasteiger partial charge is 0.326 e. The molecule has 3 atom stereocenters. The molecule has 0 heterocycles. The molecule has 0 aromatic rings. The molecule has 0 fully saturated rings. The van der Waals surface area contributed by atoms with Crippen molar-refractivity contribution < 1.29 is 30.0 Å². The minimum Gasteiger partial charge on any atom is -0.480 e. The van der Waals surface area contributed by atoms with E-state index in [1.165, 1.54) is 0 Å². The zero-order valence-corrected chi connectivity index (χ0v) is 14.8. The van der Waals surface area contributed by atoms with E-state index in [2.05, 4.69) is 5.32 Å². The van der Waals surface area contributed by atoms with Gasteiger partial charge in [0.15, 0.2) is 5.60 Å². The van der Waals surface area contributed by atoms with Gasteiger partial charge in [-0.1, -0.05) is 46.0 Å². The molecule has 0 spiro atoms. The molecular weight excluding hydrogens is 314 g/mol. The van der Waals surface area contributed by atoms with Crippen LogP contribution < -0.4 is 5.32 Å². The number of aliphatic hydroxyl groups is 3. The van der Waals surface area contributed by atoms with Gasteiger partial charge < -0.3 is 25.7 Å². The van der Waals surface area contributed by atoms with Crippen LogP contribution in [-0.4, -0.2) is 56.7 Å². The van der Waals surface area contributed by atoms with Crippen molar-refractivity contribution in [3.05, 3.63) is 0 Å². The minimum absolute atomic E-state index is 0.0748. The van der Waals surface area contributed by atoms with Gasteiger partial charge in [0.1, 0.15) is 6.04 Å². The predicted molar refractivity (Wildman–Crippen MR) is 90.5 cm³/mol. The number of hydrogen-bond donors (Lipinski definition) is 5. The highest BCUT2D eigenvalue weighted by molar-refractivity contribution is 5.89.